The van der Waals surface area contributed by atoms with E-state index in [-0.39, 0.29) is 23.6 Å². The van der Waals surface area contributed by atoms with E-state index in [1.54, 1.807) is 18.9 Å². The number of benzene rings is 4. The number of hydrogen-bond acceptors (Lipinski definition) is 6. The summed E-state index contributed by atoms with van der Waals surface area (Å²) >= 11 is 1.56. The van der Waals surface area contributed by atoms with Gasteiger partial charge in [-0.25, -0.2) is 4.79 Å². The number of carbonyl (C=O) groups excluding carboxylic acids is 3. The SMILES string of the molecule is COc1ccc(COC(=O)C2=C(C[P+](c3ccccc3)(c3ccccc3)c3ccccc3)CS[C@@H]3C(NC=O)C(=O)N23)cc1. The first kappa shape index (κ1) is 29.7. The van der Waals surface area contributed by atoms with Crippen molar-refractivity contribution in [3.8, 4) is 5.75 Å². The lowest BCUT2D eigenvalue weighted by molar-refractivity contribution is -0.152. The van der Waals surface area contributed by atoms with Crippen molar-refractivity contribution in [1.82, 2.24) is 10.2 Å². The zero-order valence-corrected chi connectivity index (χ0v) is 25.9. The Labute approximate surface area is 261 Å². The van der Waals surface area contributed by atoms with Crippen LogP contribution in [0.15, 0.2) is 127 Å². The predicted molar refractivity (Wildman–Crippen MR) is 176 cm³/mol. The number of rotatable bonds is 11. The third-order valence-electron chi connectivity index (χ3n) is 8.04. The highest BCUT2D eigenvalue weighted by Gasteiger charge is 2.56. The lowest BCUT2D eigenvalue weighted by Gasteiger charge is -2.49. The molecule has 2 aliphatic rings. The quantitative estimate of drug-likeness (QED) is 0.118. The number of thioether (sulfide) groups is 1. The summed E-state index contributed by atoms with van der Waals surface area (Å²) in [5.41, 5.74) is 1.94. The van der Waals surface area contributed by atoms with Gasteiger partial charge in [0.1, 0.15) is 52.6 Å². The summed E-state index contributed by atoms with van der Waals surface area (Å²) in [6.07, 6.45) is 1.09. The average Bonchev–Trinajstić information content (AvgIpc) is 3.09. The highest BCUT2D eigenvalue weighted by Crippen LogP contribution is 2.58. The molecule has 4 aromatic carbocycles. The number of nitrogens with one attached hydrogen (secondary N) is 1. The third kappa shape index (κ3) is 5.51. The van der Waals surface area contributed by atoms with Gasteiger partial charge < -0.3 is 14.8 Å². The van der Waals surface area contributed by atoms with Crippen LogP contribution in [-0.4, -0.2) is 53.6 Å². The largest absolute Gasteiger partial charge is 0.497 e. The van der Waals surface area contributed by atoms with Crippen LogP contribution >= 0.6 is 19.0 Å². The summed E-state index contributed by atoms with van der Waals surface area (Å²) in [6.45, 7) is 0.0474. The topological polar surface area (TPSA) is 84.9 Å². The molecule has 1 N–H and O–H groups in total. The van der Waals surface area contributed by atoms with Crippen molar-refractivity contribution in [2.45, 2.75) is 18.0 Å². The van der Waals surface area contributed by atoms with Crippen LogP contribution < -0.4 is 26.0 Å². The number of nitrogens with zero attached hydrogens (tertiary/aromatic N) is 1. The smallest absolute Gasteiger partial charge is 0.355 e. The van der Waals surface area contributed by atoms with Gasteiger partial charge in [0.25, 0.3) is 5.91 Å². The second-order valence-corrected chi connectivity index (χ2v) is 15.1. The molecule has 2 heterocycles. The van der Waals surface area contributed by atoms with Crippen LogP contribution in [0.4, 0.5) is 0 Å². The zero-order valence-electron chi connectivity index (χ0n) is 24.2. The molecule has 0 bridgehead atoms. The molecule has 0 aromatic heterocycles. The number of hydrogen-bond donors (Lipinski definition) is 1. The van der Waals surface area contributed by atoms with E-state index in [0.717, 1.165) is 11.1 Å². The number of esters is 1. The summed E-state index contributed by atoms with van der Waals surface area (Å²) in [4.78, 5) is 40.2. The predicted octanol–water partition coefficient (Wildman–Crippen LogP) is 4.02. The van der Waals surface area contributed by atoms with Crippen LogP contribution in [0.25, 0.3) is 0 Å². The summed E-state index contributed by atoms with van der Waals surface area (Å²) in [5.74, 6) is 0.366. The van der Waals surface area contributed by atoms with E-state index in [9.17, 15) is 14.4 Å². The standard InChI is InChI=1S/C35H31N2O5PS/c1-41-27-19-17-25(18-20-27)21-42-35(40)32-26(23-44-34-31(36-24-38)33(39)37(32)34)22-43(28-11-5-2-6-12-28,29-13-7-3-8-14-29)30-15-9-4-10-16-30/h2-20,24,31,34H,21-23H2,1H3/p+1/t31?,34-/m1/s1. The minimum atomic E-state index is -2.36. The minimum absolute atomic E-state index is 0.0474. The number of amides is 2. The van der Waals surface area contributed by atoms with Gasteiger partial charge in [-0.3, -0.25) is 14.5 Å². The van der Waals surface area contributed by atoms with E-state index in [0.29, 0.717) is 24.1 Å². The van der Waals surface area contributed by atoms with Gasteiger partial charge in [0.15, 0.2) is 0 Å². The molecule has 4 aromatic rings. The molecule has 2 aliphatic heterocycles. The Balaban J connectivity index is 1.46. The van der Waals surface area contributed by atoms with Gasteiger partial charge in [0, 0.05) is 11.3 Å². The Bertz CT molecular complexity index is 1570. The maximum atomic E-state index is 14.0. The molecule has 0 aliphatic carbocycles. The zero-order chi connectivity index (χ0) is 30.5. The van der Waals surface area contributed by atoms with Gasteiger partial charge in [-0.2, -0.15) is 0 Å². The maximum absolute atomic E-state index is 14.0. The van der Waals surface area contributed by atoms with Gasteiger partial charge in [-0.1, -0.05) is 66.7 Å². The molecule has 1 unspecified atom stereocenters. The van der Waals surface area contributed by atoms with Crippen LogP contribution in [0.3, 0.4) is 0 Å². The number of β-lactam (4-membered cyclic amide) rings is 1. The van der Waals surface area contributed by atoms with Crippen molar-refractivity contribution in [3.05, 3.63) is 132 Å². The molecule has 44 heavy (non-hydrogen) atoms. The molecule has 1 fully saturated rings. The van der Waals surface area contributed by atoms with Crippen LogP contribution in [0.5, 0.6) is 5.75 Å². The first-order valence-electron chi connectivity index (χ1n) is 14.3. The number of carbonyl (C=O) groups is 3. The lowest BCUT2D eigenvalue weighted by Crippen LogP contribution is -2.69. The number of ether oxygens (including phenoxy) is 2. The second-order valence-electron chi connectivity index (χ2n) is 10.5. The monoisotopic (exact) mass is 623 g/mol. The Kier molecular flexibility index (Phi) is 8.82. The summed E-state index contributed by atoms with van der Waals surface area (Å²) in [7, 11) is -0.760. The minimum Gasteiger partial charge on any atom is -0.497 e. The van der Waals surface area contributed by atoms with Crippen molar-refractivity contribution in [2.24, 2.45) is 0 Å². The molecular formula is C35H32N2O5PS+. The Morgan fingerprint density at radius 3 is 1.93 bits per heavy atom. The van der Waals surface area contributed by atoms with Gasteiger partial charge in [-0.05, 0) is 54.1 Å². The summed E-state index contributed by atoms with van der Waals surface area (Å²) < 4.78 is 11.1. The third-order valence-corrected chi connectivity index (χ3v) is 13.8. The van der Waals surface area contributed by atoms with Gasteiger partial charge in [0.05, 0.1) is 13.3 Å². The van der Waals surface area contributed by atoms with Gasteiger partial charge in [-0.15, -0.1) is 11.8 Å². The summed E-state index contributed by atoms with van der Waals surface area (Å²) in [5, 5.41) is 5.79. The van der Waals surface area contributed by atoms with E-state index in [2.05, 4.69) is 78.1 Å². The fourth-order valence-electron chi connectivity index (χ4n) is 5.88. The van der Waals surface area contributed by atoms with Crippen molar-refractivity contribution in [1.29, 1.82) is 0 Å². The van der Waals surface area contributed by atoms with Crippen LogP contribution in [-0.2, 0) is 25.7 Å². The van der Waals surface area contributed by atoms with Gasteiger partial charge >= 0.3 is 5.97 Å². The number of fused-ring (bicyclic) bond motifs is 1. The molecule has 9 heteroatoms. The first-order chi connectivity index (χ1) is 21.6. The lowest BCUT2D eigenvalue weighted by atomic mass is 10.0. The summed E-state index contributed by atoms with van der Waals surface area (Å²) in [6, 6.07) is 37.9. The molecule has 2 atom stereocenters. The van der Waals surface area contributed by atoms with Crippen molar-refractivity contribution >= 4 is 53.2 Å². The van der Waals surface area contributed by atoms with Crippen LogP contribution in [0.1, 0.15) is 5.56 Å². The fraction of sp³-hybridized carbons (Fsp3) is 0.171. The van der Waals surface area contributed by atoms with Crippen molar-refractivity contribution < 1.29 is 23.9 Å². The molecule has 222 valence electrons. The van der Waals surface area contributed by atoms with E-state index < -0.39 is 19.3 Å². The highest BCUT2D eigenvalue weighted by atomic mass is 32.2. The Morgan fingerprint density at radius 2 is 1.43 bits per heavy atom. The first-order valence-corrected chi connectivity index (χ1v) is 17.3. The molecule has 1 saturated heterocycles. The molecule has 6 rings (SSSR count). The Morgan fingerprint density at radius 1 is 0.886 bits per heavy atom. The Hall–Kier alpha value is -4.39. The van der Waals surface area contributed by atoms with E-state index in [1.165, 1.54) is 20.8 Å². The van der Waals surface area contributed by atoms with E-state index in [1.807, 2.05) is 42.5 Å². The number of methoxy groups -OCH3 is 1. The normalized spacial score (nSPS) is 17.8. The van der Waals surface area contributed by atoms with Gasteiger partial charge in [0.2, 0.25) is 6.41 Å². The van der Waals surface area contributed by atoms with E-state index in [4.69, 9.17) is 9.47 Å². The van der Waals surface area contributed by atoms with Crippen LogP contribution in [0, 0.1) is 0 Å². The molecule has 0 radical (unpaired) electrons. The molecule has 0 saturated carbocycles. The van der Waals surface area contributed by atoms with Crippen molar-refractivity contribution in [3.63, 3.8) is 0 Å². The molecule has 7 nitrogen and oxygen atoms in total. The molecular weight excluding hydrogens is 591 g/mol. The average molecular weight is 624 g/mol. The maximum Gasteiger partial charge on any atom is 0.355 e. The van der Waals surface area contributed by atoms with Crippen molar-refractivity contribution in [2.75, 3.05) is 19.0 Å². The highest BCUT2D eigenvalue weighted by molar-refractivity contribution is 8.00. The molecule has 0 spiro atoms. The van der Waals surface area contributed by atoms with Crippen LogP contribution in [0.2, 0.25) is 0 Å². The molecule has 2 amide bonds. The van der Waals surface area contributed by atoms with E-state index >= 15 is 0 Å². The fourth-order valence-corrected chi connectivity index (χ4v) is 11.7. The second kappa shape index (κ2) is 13.1.